The summed E-state index contributed by atoms with van der Waals surface area (Å²) < 4.78 is 25.6. The van der Waals surface area contributed by atoms with Gasteiger partial charge in [-0.2, -0.15) is 0 Å². The fourth-order valence-corrected chi connectivity index (χ4v) is 6.43. The van der Waals surface area contributed by atoms with Gasteiger partial charge in [0.25, 0.3) is 0 Å². The molecule has 8 heteroatoms. The fourth-order valence-electron chi connectivity index (χ4n) is 6.43. The molecule has 0 saturated carbocycles. The second kappa shape index (κ2) is 26.7. The smallest absolute Gasteiger partial charge is 0.338 e. The molecule has 1 fully saturated rings. The van der Waals surface area contributed by atoms with Crippen LogP contribution in [0.4, 0.5) is 0 Å². The minimum atomic E-state index is -0.343. The Hall–Kier alpha value is -2.03. The van der Waals surface area contributed by atoms with Crippen molar-refractivity contribution in [3.05, 3.63) is 17.7 Å². The van der Waals surface area contributed by atoms with Crippen molar-refractivity contribution in [3.63, 3.8) is 0 Å². The number of carbonyl (C=O) groups excluding carboxylic acids is 1. The summed E-state index contributed by atoms with van der Waals surface area (Å²) in [6.45, 7) is 21.5. The third-order valence-electron chi connectivity index (χ3n) is 10.3. The van der Waals surface area contributed by atoms with Crippen LogP contribution in [0.25, 0.3) is 0 Å². The number of aliphatic hydroxyl groups excluding tert-OH is 1. The molecule has 0 amide bonds. The molecule has 3 atom stereocenters. The molecule has 0 spiro atoms. The minimum Gasteiger partial charge on any atom is -0.489 e. The lowest BCUT2D eigenvalue weighted by molar-refractivity contribution is 0.0489. The van der Waals surface area contributed by atoms with Crippen molar-refractivity contribution in [1.29, 1.82) is 0 Å². The van der Waals surface area contributed by atoms with E-state index in [1.807, 2.05) is 12.1 Å². The molecule has 2 rings (SSSR count). The van der Waals surface area contributed by atoms with Crippen LogP contribution in [0.5, 0.6) is 17.2 Å². The summed E-state index contributed by atoms with van der Waals surface area (Å²) in [6, 6.07) is 3.65. The summed E-state index contributed by atoms with van der Waals surface area (Å²) in [4.78, 5) is 18.3. The Bertz CT molecular complexity index is 942. The van der Waals surface area contributed by atoms with Crippen LogP contribution in [0.2, 0.25) is 0 Å². The van der Waals surface area contributed by atoms with E-state index in [2.05, 4.69) is 51.3 Å². The zero-order chi connectivity index (χ0) is 35.7. The molecule has 1 heterocycles. The first-order valence-electron chi connectivity index (χ1n) is 20.2. The molecule has 0 bridgehead atoms. The van der Waals surface area contributed by atoms with Gasteiger partial charge in [-0.25, -0.2) is 4.79 Å². The molecule has 1 aliphatic heterocycles. The Kier molecular flexibility index (Phi) is 23.5. The summed E-state index contributed by atoms with van der Waals surface area (Å²) in [6.07, 6.45) is 15.4. The molecular weight excluding hydrogens is 616 g/mol. The molecular formula is C41H74N2O6. The van der Waals surface area contributed by atoms with Crippen molar-refractivity contribution < 1.29 is 28.8 Å². The number of unbranched alkanes of at least 4 members (excludes halogenated alkanes) is 4. The summed E-state index contributed by atoms with van der Waals surface area (Å²) in [5.41, 5.74) is 0.457. The minimum absolute atomic E-state index is 0.219. The van der Waals surface area contributed by atoms with Gasteiger partial charge in [0.2, 0.25) is 5.75 Å². The van der Waals surface area contributed by atoms with E-state index in [0.717, 1.165) is 103 Å². The van der Waals surface area contributed by atoms with Crippen molar-refractivity contribution in [1.82, 2.24) is 9.80 Å². The molecule has 3 unspecified atom stereocenters. The predicted molar refractivity (Wildman–Crippen MR) is 202 cm³/mol. The molecule has 1 saturated heterocycles. The van der Waals surface area contributed by atoms with Gasteiger partial charge in [0, 0.05) is 32.7 Å². The number of piperazine rings is 1. The number of rotatable bonds is 29. The topological polar surface area (TPSA) is 80.7 Å². The number of hydrogen-bond acceptors (Lipinski definition) is 8. The third-order valence-corrected chi connectivity index (χ3v) is 10.3. The SMILES string of the molecule is CCCCC(CC)COc1cc(C(=O)OCCCCN2CCN(CCO)CC2)cc(OCC(CC)CCCC)c1OCC(CC)CCCC. The first kappa shape index (κ1) is 43.1. The number of nitrogens with zero attached hydrogens (tertiary/aromatic N) is 2. The van der Waals surface area contributed by atoms with Crippen LogP contribution in [0.15, 0.2) is 12.1 Å². The fraction of sp³-hybridized carbons (Fsp3) is 0.829. The molecule has 1 N–H and O–H groups in total. The van der Waals surface area contributed by atoms with Crippen LogP contribution in [0, 0.1) is 17.8 Å². The maximum absolute atomic E-state index is 13.5. The van der Waals surface area contributed by atoms with Crippen molar-refractivity contribution >= 4 is 5.97 Å². The molecule has 0 radical (unpaired) electrons. The van der Waals surface area contributed by atoms with Gasteiger partial charge in [0.15, 0.2) is 11.5 Å². The average molecular weight is 691 g/mol. The Morgan fingerprint density at radius 3 is 1.53 bits per heavy atom. The molecule has 8 nitrogen and oxygen atoms in total. The molecule has 0 aromatic heterocycles. The average Bonchev–Trinajstić information content (AvgIpc) is 3.12. The Morgan fingerprint density at radius 1 is 0.653 bits per heavy atom. The largest absolute Gasteiger partial charge is 0.489 e. The van der Waals surface area contributed by atoms with Gasteiger partial charge in [0.05, 0.1) is 38.6 Å². The zero-order valence-corrected chi connectivity index (χ0v) is 32.4. The summed E-state index contributed by atoms with van der Waals surface area (Å²) in [5, 5.41) is 9.19. The Labute approximate surface area is 300 Å². The highest BCUT2D eigenvalue weighted by molar-refractivity contribution is 5.91. The van der Waals surface area contributed by atoms with E-state index in [9.17, 15) is 9.90 Å². The highest BCUT2D eigenvalue weighted by Crippen LogP contribution is 2.41. The zero-order valence-electron chi connectivity index (χ0n) is 32.4. The van der Waals surface area contributed by atoms with E-state index < -0.39 is 0 Å². The van der Waals surface area contributed by atoms with E-state index in [1.165, 1.54) is 25.7 Å². The van der Waals surface area contributed by atoms with Crippen molar-refractivity contribution in [2.24, 2.45) is 17.8 Å². The number of carbonyl (C=O) groups is 1. The lowest BCUT2D eigenvalue weighted by atomic mass is 10.00. The summed E-state index contributed by atoms with van der Waals surface area (Å²) in [5.74, 6) is 2.80. The Morgan fingerprint density at radius 2 is 1.10 bits per heavy atom. The first-order valence-corrected chi connectivity index (χ1v) is 20.2. The normalized spacial score (nSPS) is 15.9. The number of ether oxygens (including phenoxy) is 4. The van der Waals surface area contributed by atoms with Gasteiger partial charge in [-0.3, -0.25) is 4.90 Å². The maximum Gasteiger partial charge on any atom is 0.338 e. The van der Waals surface area contributed by atoms with Crippen LogP contribution >= 0.6 is 0 Å². The van der Waals surface area contributed by atoms with E-state index in [1.54, 1.807) is 0 Å². The highest BCUT2D eigenvalue weighted by atomic mass is 16.5. The van der Waals surface area contributed by atoms with Gasteiger partial charge < -0.3 is 29.0 Å². The lowest BCUT2D eigenvalue weighted by Crippen LogP contribution is -2.47. The molecule has 284 valence electrons. The Balaban J connectivity index is 2.23. The highest BCUT2D eigenvalue weighted by Gasteiger charge is 2.23. The molecule has 1 aromatic rings. The molecule has 1 aromatic carbocycles. The van der Waals surface area contributed by atoms with Gasteiger partial charge in [-0.05, 0) is 68.5 Å². The van der Waals surface area contributed by atoms with E-state index in [4.69, 9.17) is 18.9 Å². The lowest BCUT2D eigenvalue weighted by Gasteiger charge is -2.34. The van der Waals surface area contributed by atoms with Gasteiger partial charge in [0.1, 0.15) is 0 Å². The second-order valence-corrected chi connectivity index (χ2v) is 14.2. The van der Waals surface area contributed by atoms with Crippen LogP contribution < -0.4 is 14.2 Å². The van der Waals surface area contributed by atoms with Crippen molar-refractivity contribution in [3.8, 4) is 17.2 Å². The maximum atomic E-state index is 13.5. The number of esters is 1. The predicted octanol–water partition coefficient (Wildman–Crippen LogP) is 9.02. The van der Waals surface area contributed by atoms with E-state index in [0.29, 0.717) is 67.0 Å². The quantitative estimate of drug-likeness (QED) is 0.0659. The number of aliphatic hydroxyl groups is 1. The molecule has 0 aliphatic carbocycles. The van der Waals surface area contributed by atoms with Crippen molar-refractivity contribution in [2.45, 2.75) is 131 Å². The third kappa shape index (κ3) is 17.2. The van der Waals surface area contributed by atoms with Crippen LogP contribution in [-0.2, 0) is 4.74 Å². The van der Waals surface area contributed by atoms with Gasteiger partial charge >= 0.3 is 5.97 Å². The second-order valence-electron chi connectivity index (χ2n) is 14.2. The first-order chi connectivity index (χ1) is 23.9. The van der Waals surface area contributed by atoms with Gasteiger partial charge in [-0.1, -0.05) is 99.3 Å². The van der Waals surface area contributed by atoms with Crippen LogP contribution in [0.3, 0.4) is 0 Å². The summed E-state index contributed by atoms with van der Waals surface area (Å²) >= 11 is 0. The number of β-amino-alcohol motifs (C(OH)–C–C–N with tert-alkyl or cyclic N) is 1. The van der Waals surface area contributed by atoms with Crippen molar-refractivity contribution in [2.75, 3.05) is 72.3 Å². The number of hydrogen-bond donors (Lipinski definition) is 1. The van der Waals surface area contributed by atoms with Gasteiger partial charge in [-0.15, -0.1) is 0 Å². The van der Waals surface area contributed by atoms with E-state index in [-0.39, 0.29) is 12.6 Å². The van der Waals surface area contributed by atoms with Crippen LogP contribution in [0.1, 0.15) is 142 Å². The number of benzene rings is 1. The molecule has 1 aliphatic rings. The van der Waals surface area contributed by atoms with E-state index >= 15 is 0 Å². The standard InChI is InChI=1S/C41H74N2O6/c1-7-13-18-34(10-4)31-47-38-29-37(41(45)46-28-17-16-21-42-22-24-43(25-23-42)26-27-44)30-39(48-32-35(11-5)19-14-8-2)40(38)49-33-36(12-6)20-15-9-3/h29-30,34-36,44H,7-28,31-33H2,1-6H3. The van der Waals surface area contributed by atoms with Crippen LogP contribution in [-0.4, -0.2) is 93.2 Å². The summed E-state index contributed by atoms with van der Waals surface area (Å²) in [7, 11) is 0. The monoisotopic (exact) mass is 691 g/mol. The molecule has 49 heavy (non-hydrogen) atoms.